The molecule has 0 saturated carbocycles. The molecule has 0 radical (unpaired) electrons. The maximum atomic E-state index is 11.0. The number of hydrogen-bond donors (Lipinski definition) is 4. The Balaban J connectivity index is 1.70. The third-order valence-electron chi connectivity index (χ3n) is 4.62. The van der Waals surface area contributed by atoms with Crippen molar-refractivity contribution in [1.82, 2.24) is 5.43 Å². The van der Waals surface area contributed by atoms with Gasteiger partial charge in [-0.25, -0.2) is 4.79 Å². The van der Waals surface area contributed by atoms with Crippen LogP contribution in [0, 0.1) is 13.8 Å². The zero-order valence-electron chi connectivity index (χ0n) is 16.5. The van der Waals surface area contributed by atoms with Crippen LogP contribution in [0.15, 0.2) is 65.8 Å². The van der Waals surface area contributed by atoms with Crippen molar-refractivity contribution in [2.75, 3.05) is 5.32 Å². The second-order valence-electron chi connectivity index (χ2n) is 6.75. The molecular weight excluding hydrogens is 398 g/mol. The summed E-state index contributed by atoms with van der Waals surface area (Å²) < 4.78 is 0. The first-order chi connectivity index (χ1) is 14.3. The number of hydrazone groups is 1. The van der Waals surface area contributed by atoms with Gasteiger partial charge in [0.05, 0.1) is 11.8 Å². The van der Waals surface area contributed by atoms with Crippen LogP contribution in [0.3, 0.4) is 0 Å². The molecule has 0 aliphatic carbocycles. The van der Waals surface area contributed by atoms with E-state index in [-0.39, 0.29) is 16.4 Å². The molecule has 0 saturated heterocycles. The van der Waals surface area contributed by atoms with Gasteiger partial charge in [0.2, 0.25) is 0 Å². The fraction of sp³-hybridized carbons (Fsp3) is 0.0870. The van der Waals surface area contributed by atoms with Crippen molar-refractivity contribution < 1.29 is 15.0 Å². The summed E-state index contributed by atoms with van der Waals surface area (Å²) in [5, 5.41) is 26.8. The molecule has 0 aromatic heterocycles. The second kappa shape index (κ2) is 9.19. The van der Waals surface area contributed by atoms with Gasteiger partial charge in [-0.3, -0.25) is 5.43 Å². The standard InChI is InChI=1S/C23H21N3O3S/c1-14-9-10-16(11-15(14)2)20-8-4-6-18(21(20)27)13-24-26-23(30)25-19-7-3-5-17(12-19)22(28)29/h3-13,27H,1-2H3,(H,28,29)(H2,25,26,30)/b24-13+. The molecule has 0 bridgehead atoms. The Morgan fingerprint density at radius 3 is 2.53 bits per heavy atom. The Kier molecular flexibility index (Phi) is 6.44. The van der Waals surface area contributed by atoms with Crippen LogP contribution in [-0.2, 0) is 0 Å². The number of nitrogens with zero attached hydrogens (tertiary/aromatic N) is 1. The molecule has 0 amide bonds. The average Bonchev–Trinajstić information content (AvgIpc) is 2.71. The van der Waals surface area contributed by atoms with E-state index in [1.165, 1.54) is 23.9 Å². The lowest BCUT2D eigenvalue weighted by Gasteiger charge is -2.10. The Bertz CT molecular complexity index is 1140. The number of aromatic hydroxyl groups is 1. The van der Waals surface area contributed by atoms with E-state index < -0.39 is 5.97 Å². The van der Waals surface area contributed by atoms with Gasteiger partial charge in [0.25, 0.3) is 0 Å². The predicted octanol–water partition coefficient (Wildman–Crippen LogP) is 4.69. The fourth-order valence-corrected chi connectivity index (χ4v) is 3.03. The number of nitrogens with one attached hydrogen (secondary N) is 2. The zero-order valence-corrected chi connectivity index (χ0v) is 17.3. The predicted molar refractivity (Wildman–Crippen MR) is 123 cm³/mol. The van der Waals surface area contributed by atoms with Crippen LogP contribution in [0.1, 0.15) is 27.0 Å². The molecule has 0 heterocycles. The maximum absolute atomic E-state index is 11.0. The van der Waals surface area contributed by atoms with Gasteiger partial charge in [-0.1, -0.05) is 36.4 Å². The number of carboxylic acid groups (broad SMARTS) is 1. The molecule has 4 N–H and O–H groups in total. The van der Waals surface area contributed by atoms with Crippen molar-refractivity contribution in [3.05, 3.63) is 82.9 Å². The molecule has 30 heavy (non-hydrogen) atoms. The SMILES string of the molecule is Cc1ccc(-c2cccc(/C=N/NC(=S)Nc3cccc(C(=O)O)c3)c2O)cc1C. The number of benzene rings is 3. The first-order valence-electron chi connectivity index (χ1n) is 9.18. The number of thiocarbonyl (C=S) groups is 1. The number of hydrogen-bond acceptors (Lipinski definition) is 4. The van der Waals surface area contributed by atoms with E-state index in [1.807, 2.05) is 44.2 Å². The summed E-state index contributed by atoms with van der Waals surface area (Å²) in [7, 11) is 0. The minimum Gasteiger partial charge on any atom is -0.507 e. The van der Waals surface area contributed by atoms with E-state index in [1.54, 1.807) is 18.2 Å². The van der Waals surface area contributed by atoms with Gasteiger partial charge in [-0.15, -0.1) is 0 Å². The van der Waals surface area contributed by atoms with Gasteiger partial charge in [0.1, 0.15) is 5.75 Å². The molecule has 3 rings (SSSR count). The van der Waals surface area contributed by atoms with Crippen LogP contribution in [-0.4, -0.2) is 27.5 Å². The number of rotatable bonds is 5. The summed E-state index contributed by atoms with van der Waals surface area (Å²) >= 11 is 5.18. The van der Waals surface area contributed by atoms with Gasteiger partial charge in [0, 0.05) is 16.8 Å². The first-order valence-corrected chi connectivity index (χ1v) is 9.59. The maximum Gasteiger partial charge on any atom is 0.335 e. The van der Waals surface area contributed by atoms with Gasteiger partial charge in [-0.2, -0.15) is 5.10 Å². The largest absolute Gasteiger partial charge is 0.507 e. The van der Waals surface area contributed by atoms with Crippen molar-refractivity contribution in [3.63, 3.8) is 0 Å². The molecule has 0 spiro atoms. The summed E-state index contributed by atoms with van der Waals surface area (Å²) in [5.74, 6) is -0.894. The number of aromatic carboxylic acids is 1. The molecule has 0 fully saturated rings. The summed E-state index contributed by atoms with van der Waals surface area (Å²) in [4.78, 5) is 11.0. The second-order valence-corrected chi connectivity index (χ2v) is 7.16. The van der Waals surface area contributed by atoms with Crippen molar-refractivity contribution in [2.45, 2.75) is 13.8 Å². The van der Waals surface area contributed by atoms with E-state index in [9.17, 15) is 9.90 Å². The quantitative estimate of drug-likeness (QED) is 0.272. The summed E-state index contributed by atoms with van der Waals surface area (Å²) in [6.45, 7) is 4.08. The Hall–Kier alpha value is -3.71. The zero-order chi connectivity index (χ0) is 21.7. The van der Waals surface area contributed by atoms with Crippen LogP contribution >= 0.6 is 12.2 Å². The lowest BCUT2D eigenvalue weighted by Crippen LogP contribution is -2.24. The van der Waals surface area contributed by atoms with E-state index in [2.05, 4.69) is 15.8 Å². The molecule has 0 aliphatic heterocycles. The van der Waals surface area contributed by atoms with E-state index in [0.29, 0.717) is 16.8 Å². The third-order valence-corrected chi connectivity index (χ3v) is 4.82. The highest BCUT2D eigenvalue weighted by Gasteiger charge is 2.09. The Labute approximate surface area is 179 Å². The number of phenolic OH excluding ortho intramolecular Hbond substituents is 1. The van der Waals surface area contributed by atoms with E-state index >= 15 is 0 Å². The molecule has 152 valence electrons. The highest BCUT2D eigenvalue weighted by Crippen LogP contribution is 2.32. The topological polar surface area (TPSA) is 94.0 Å². The minimum atomic E-state index is -1.02. The van der Waals surface area contributed by atoms with Crippen LogP contribution in [0.2, 0.25) is 0 Å². The average molecular weight is 420 g/mol. The molecule has 0 aliphatic rings. The fourth-order valence-electron chi connectivity index (χ4n) is 2.86. The Morgan fingerprint density at radius 1 is 1.03 bits per heavy atom. The van der Waals surface area contributed by atoms with E-state index in [0.717, 1.165) is 11.1 Å². The van der Waals surface area contributed by atoms with E-state index in [4.69, 9.17) is 17.3 Å². The molecular formula is C23H21N3O3S. The van der Waals surface area contributed by atoms with Crippen molar-refractivity contribution in [3.8, 4) is 16.9 Å². The number of phenols is 1. The van der Waals surface area contributed by atoms with Crippen LogP contribution in [0.4, 0.5) is 5.69 Å². The highest BCUT2D eigenvalue weighted by atomic mass is 32.1. The minimum absolute atomic E-state index is 0.124. The smallest absolute Gasteiger partial charge is 0.335 e. The van der Waals surface area contributed by atoms with Crippen molar-refractivity contribution in [2.24, 2.45) is 5.10 Å². The van der Waals surface area contributed by atoms with Crippen LogP contribution in [0.25, 0.3) is 11.1 Å². The van der Waals surface area contributed by atoms with Crippen molar-refractivity contribution >= 4 is 35.2 Å². The number of carboxylic acids is 1. The first kappa shape index (κ1) is 21.0. The van der Waals surface area contributed by atoms with Crippen molar-refractivity contribution in [1.29, 1.82) is 0 Å². The number of para-hydroxylation sites is 1. The third kappa shape index (κ3) is 5.01. The molecule has 0 unspecified atom stereocenters. The van der Waals surface area contributed by atoms with Gasteiger partial charge >= 0.3 is 5.97 Å². The van der Waals surface area contributed by atoms with Gasteiger partial charge < -0.3 is 15.5 Å². The molecule has 3 aromatic rings. The lowest BCUT2D eigenvalue weighted by atomic mass is 9.98. The van der Waals surface area contributed by atoms with Gasteiger partial charge in [0.15, 0.2) is 5.11 Å². The van der Waals surface area contributed by atoms with Gasteiger partial charge in [-0.05, 0) is 67.0 Å². The molecule has 0 atom stereocenters. The lowest BCUT2D eigenvalue weighted by molar-refractivity contribution is 0.0697. The van der Waals surface area contributed by atoms with Crippen LogP contribution < -0.4 is 10.7 Å². The van der Waals surface area contributed by atoms with Crippen LogP contribution in [0.5, 0.6) is 5.75 Å². The molecule has 6 nitrogen and oxygen atoms in total. The highest BCUT2D eigenvalue weighted by molar-refractivity contribution is 7.80. The summed E-state index contributed by atoms with van der Waals surface area (Å²) in [5.41, 5.74) is 7.86. The number of carbonyl (C=O) groups is 1. The monoisotopic (exact) mass is 419 g/mol. The molecule has 3 aromatic carbocycles. The summed E-state index contributed by atoms with van der Waals surface area (Å²) in [6, 6.07) is 17.8. The number of anilines is 1. The Morgan fingerprint density at radius 2 is 1.80 bits per heavy atom. The normalized spacial score (nSPS) is 10.7. The summed E-state index contributed by atoms with van der Waals surface area (Å²) in [6.07, 6.45) is 1.47. The molecule has 7 heteroatoms. The number of aryl methyl sites for hydroxylation is 2.